The molecule has 0 fully saturated rings. The molecule has 0 atom stereocenters. The zero-order valence-corrected chi connectivity index (χ0v) is 8.08. The molecule has 1 rings (SSSR count). The molecule has 74 valence electrons. The summed E-state index contributed by atoms with van der Waals surface area (Å²) in [6.45, 7) is 1.36. The maximum atomic E-state index is 8.65. The van der Waals surface area contributed by atoms with Gasteiger partial charge in [-0.1, -0.05) is 0 Å². The summed E-state index contributed by atoms with van der Waals surface area (Å²) >= 11 is 0. The van der Waals surface area contributed by atoms with Gasteiger partial charge in [-0.2, -0.15) is 5.26 Å². The predicted octanol–water partition coefficient (Wildman–Crippen LogP) is 1.20. The van der Waals surface area contributed by atoms with Crippen LogP contribution in [0.1, 0.15) is 5.56 Å². The number of ether oxygens (including phenoxy) is 1. The highest BCUT2D eigenvalue weighted by molar-refractivity contribution is 5.62. The molecule has 0 bridgehead atoms. The van der Waals surface area contributed by atoms with E-state index in [0.29, 0.717) is 17.9 Å². The van der Waals surface area contributed by atoms with Crippen LogP contribution in [0.3, 0.4) is 0 Å². The predicted molar refractivity (Wildman–Crippen MR) is 55.9 cm³/mol. The zero-order chi connectivity index (χ0) is 10.4. The van der Waals surface area contributed by atoms with Crippen molar-refractivity contribution in [2.75, 3.05) is 31.3 Å². The summed E-state index contributed by atoms with van der Waals surface area (Å²) in [6, 6.07) is 7.28. The number of rotatable bonds is 4. The van der Waals surface area contributed by atoms with Crippen molar-refractivity contribution in [3.05, 3.63) is 23.8 Å². The molecule has 0 aromatic heterocycles. The Balaban J connectivity index is 2.63. The van der Waals surface area contributed by atoms with E-state index >= 15 is 0 Å². The van der Waals surface area contributed by atoms with Gasteiger partial charge in [-0.3, -0.25) is 0 Å². The maximum absolute atomic E-state index is 8.65. The third kappa shape index (κ3) is 2.64. The molecule has 1 aromatic rings. The van der Waals surface area contributed by atoms with Crippen molar-refractivity contribution in [2.24, 2.45) is 0 Å². The third-order valence-corrected chi connectivity index (χ3v) is 1.81. The van der Waals surface area contributed by atoms with E-state index in [-0.39, 0.29) is 0 Å². The monoisotopic (exact) mass is 191 g/mol. The lowest BCUT2D eigenvalue weighted by molar-refractivity contribution is 0.211. The van der Waals surface area contributed by atoms with Crippen molar-refractivity contribution in [1.82, 2.24) is 0 Å². The normalized spacial score (nSPS) is 9.43. The van der Waals surface area contributed by atoms with E-state index in [0.717, 1.165) is 12.2 Å². The van der Waals surface area contributed by atoms with Gasteiger partial charge in [-0.05, 0) is 18.2 Å². The lowest BCUT2D eigenvalue weighted by atomic mass is 10.2. The smallest absolute Gasteiger partial charge is 0.101 e. The molecule has 14 heavy (non-hydrogen) atoms. The summed E-state index contributed by atoms with van der Waals surface area (Å²) in [5.74, 6) is 0. The van der Waals surface area contributed by atoms with E-state index < -0.39 is 0 Å². The zero-order valence-electron chi connectivity index (χ0n) is 8.08. The summed E-state index contributed by atoms with van der Waals surface area (Å²) in [5.41, 5.74) is 7.54. The fraction of sp³-hybridized carbons (Fsp3) is 0.300. The minimum absolute atomic E-state index is 0.495. The van der Waals surface area contributed by atoms with Gasteiger partial charge >= 0.3 is 0 Å². The molecule has 0 amide bonds. The molecule has 4 heteroatoms. The number of nitrogens with one attached hydrogen (secondary N) is 1. The van der Waals surface area contributed by atoms with Crippen LogP contribution in [0.5, 0.6) is 0 Å². The van der Waals surface area contributed by atoms with Gasteiger partial charge in [0, 0.05) is 19.3 Å². The second-order valence-electron chi connectivity index (χ2n) is 2.83. The van der Waals surface area contributed by atoms with E-state index in [2.05, 4.69) is 5.32 Å². The van der Waals surface area contributed by atoms with Crippen LogP contribution in [-0.2, 0) is 4.74 Å². The second kappa shape index (κ2) is 5.10. The van der Waals surface area contributed by atoms with Crippen molar-refractivity contribution in [3.63, 3.8) is 0 Å². The van der Waals surface area contributed by atoms with E-state index in [1.807, 2.05) is 12.1 Å². The Morgan fingerprint density at radius 3 is 2.93 bits per heavy atom. The molecule has 0 radical (unpaired) electrons. The molecular formula is C10H13N3O. The average molecular weight is 191 g/mol. The number of nitrogens with two attached hydrogens (primary N) is 1. The largest absolute Gasteiger partial charge is 0.398 e. The van der Waals surface area contributed by atoms with Gasteiger partial charge in [-0.15, -0.1) is 0 Å². The fourth-order valence-electron chi connectivity index (χ4n) is 1.07. The minimum atomic E-state index is 0.495. The Bertz CT molecular complexity index is 344. The number of hydrogen-bond acceptors (Lipinski definition) is 4. The number of nitrogen functional groups attached to an aromatic ring is 1. The molecule has 0 aliphatic heterocycles. The van der Waals surface area contributed by atoms with Gasteiger partial charge in [0.25, 0.3) is 0 Å². The first-order chi connectivity index (χ1) is 6.77. The van der Waals surface area contributed by atoms with Crippen LogP contribution >= 0.6 is 0 Å². The molecule has 0 aliphatic carbocycles. The van der Waals surface area contributed by atoms with Gasteiger partial charge in [0.1, 0.15) is 6.07 Å². The van der Waals surface area contributed by atoms with Gasteiger partial charge < -0.3 is 15.8 Å². The van der Waals surface area contributed by atoms with Crippen molar-refractivity contribution in [3.8, 4) is 6.07 Å². The van der Waals surface area contributed by atoms with Crippen LogP contribution in [-0.4, -0.2) is 20.3 Å². The standard InChI is InChI=1S/C10H13N3O/c1-14-5-4-13-9-3-2-8(7-11)10(12)6-9/h2-3,6,13H,4-5,12H2,1H3. The molecule has 0 spiro atoms. The van der Waals surface area contributed by atoms with E-state index in [4.69, 9.17) is 15.7 Å². The Morgan fingerprint density at radius 2 is 2.36 bits per heavy atom. The lowest BCUT2D eigenvalue weighted by Crippen LogP contribution is -2.07. The molecule has 4 nitrogen and oxygen atoms in total. The number of hydrogen-bond donors (Lipinski definition) is 2. The summed E-state index contributed by atoms with van der Waals surface area (Å²) in [5, 5.41) is 11.8. The first kappa shape index (κ1) is 10.4. The van der Waals surface area contributed by atoms with Crippen molar-refractivity contribution in [1.29, 1.82) is 5.26 Å². The Kier molecular flexibility index (Phi) is 3.77. The average Bonchev–Trinajstić information content (AvgIpc) is 2.18. The minimum Gasteiger partial charge on any atom is -0.398 e. The van der Waals surface area contributed by atoms with Gasteiger partial charge in [0.05, 0.1) is 17.9 Å². The molecule has 0 unspecified atom stereocenters. The highest BCUT2D eigenvalue weighted by atomic mass is 16.5. The molecule has 3 N–H and O–H groups in total. The first-order valence-corrected chi connectivity index (χ1v) is 4.30. The summed E-state index contributed by atoms with van der Waals surface area (Å²) in [7, 11) is 1.65. The number of benzene rings is 1. The van der Waals surface area contributed by atoms with Crippen LogP contribution in [0.25, 0.3) is 0 Å². The van der Waals surface area contributed by atoms with Crippen molar-refractivity contribution in [2.45, 2.75) is 0 Å². The second-order valence-corrected chi connectivity index (χ2v) is 2.83. The number of nitrogens with zero attached hydrogens (tertiary/aromatic N) is 1. The van der Waals surface area contributed by atoms with E-state index in [1.54, 1.807) is 19.2 Å². The number of nitriles is 1. The Labute approximate surface area is 83.3 Å². The summed E-state index contributed by atoms with van der Waals surface area (Å²) in [4.78, 5) is 0. The van der Waals surface area contributed by atoms with Gasteiger partial charge in [0.15, 0.2) is 0 Å². The lowest BCUT2D eigenvalue weighted by Gasteiger charge is -2.06. The molecule has 0 saturated carbocycles. The van der Waals surface area contributed by atoms with Gasteiger partial charge in [0.2, 0.25) is 0 Å². The van der Waals surface area contributed by atoms with E-state index in [9.17, 15) is 0 Å². The van der Waals surface area contributed by atoms with Crippen LogP contribution < -0.4 is 11.1 Å². The highest BCUT2D eigenvalue weighted by Crippen LogP contribution is 2.16. The highest BCUT2D eigenvalue weighted by Gasteiger charge is 1.98. The van der Waals surface area contributed by atoms with Crippen LogP contribution in [0.2, 0.25) is 0 Å². The summed E-state index contributed by atoms with van der Waals surface area (Å²) in [6.07, 6.45) is 0. The topological polar surface area (TPSA) is 71.1 Å². The van der Waals surface area contributed by atoms with Gasteiger partial charge in [-0.25, -0.2) is 0 Å². The molecular weight excluding hydrogens is 178 g/mol. The van der Waals surface area contributed by atoms with Crippen LogP contribution in [0, 0.1) is 11.3 Å². The Hall–Kier alpha value is -1.73. The SMILES string of the molecule is COCCNc1ccc(C#N)c(N)c1. The first-order valence-electron chi connectivity index (χ1n) is 4.30. The summed E-state index contributed by atoms with van der Waals surface area (Å²) < 4.78 is 4.89. The quantitative estimate of drug-likeness (QED) is 0.554. The van der Waals surface area contributed by atoms with Crippen molar-refractivity contribution < 1.29 is 4.74 Å². The molecule has 0 heterocycles. The molecule has 1 aromatic carbocycles. The van der Waals surface area contributed by atoms with Crippen LogP contribution in [0.4, 0.5) is 11.4 Å². The maximum Gasteiger partial charge on any atom is 0.101 e. The third-order valence-electron chi connectivity index (χ3n) is 1.81. The fourth-order valence-corrected chi connectivity index (χ4v) is 1.07. The number of methoxy groups -OCH3 is 1. The van der Waals surface area contributed by atoms with E-state index in [1.165, 1.54) is 0 Å². The Morgan fingerprint density at radius 1 is 1.57 bits per heavy atom. The molecule has 0 saturated heterocycles. The molecule has 0 aliphatic rings. The van der Waals surface area contributed by atoms with Crippen molar-refractivity contribution >= 4 is 11.4 Å². The van der Waals surface area contributed by atoms with Crippen LogP contribution in [0.15, 0.2) is 18.2 Å². The number of anilines is 2.